The number of rotatable bonds is 0. The molecular formula is C8H11NO. The molecule has 2 heteroatoms. The average Bonchev–Trinajstić information content (AvgIpc) is 2.05. The van der Waals surface area contributed by atoms with Crippen molar-refractivity contribution < 1.29 is 4.74 Å². The number of hydrogen-bond donors (Lipinski definition) is 1. The fourth-order valence-corrected chi connectivity index (χ4v) is 1.36. The van der Waals surface area contributed by atoms with E-state index in [1.54, 1.807) is 0 Å². The first-order valence-corrected chi connectivity index (χ1v) is 3.67. The summed E-state index contributed by atoms with van der Waals surface area (Å²) < 4.78 is 5.17. The van der Waals surface area contributed by atoms with Crippen molar-refractivity contribution in [3.8, 4) is 0 Å². The zero-order valence-corrected chi connectivity index (χ0v) is 5.89. The Balaban J connectivity index is 2.19. The van der Waals surface area contributed by atoms with Crippen LogP contribution in [0.15, 0.2) is 23.5 Å². The van der Waals surface area contributed by atoms with E-state index in [9.17, 15) is 0 Å². The van der Waals surface area contributed by atoms with E-state index < -0.39 is 0 Å². The highest BCUT2D eigenvalue weighted by Gasteiger charge is 2.12. The maximum atomic E-state index is 5.17. The van der Waals surface area contributed by atoms with Crippen LogP contribution < -0.4 is 5.32 Å². The monoisotopic (exact) mass is 137 g/mol. The predicted octanol–water partition coefficient (Wildman–Crippen LogP) is 0.820. The Bertz CT molecular complexity index is 171. The van der Waals surface area contributed by atoms with Gasteiger partial charge in [0.15, 0.2) is 0 Å². The summed E-state index contributed by atoms with van der Waals surface area (Å²) in [5, 5.41) is 3.32. The minimum absolute atomic E-state index is 0.751. The van der Waals surface area contributed by atoms with Gasteiger partial charge < -0.3 is 10.1 Å². The van der Waals surface area contributed by atoms with Gasteiger partial charge in [-0.1, -0.05) is 0 Å². The molecule has 2 aliphatic heterocycles. The van der Waals surface area contributed by atoms with Gasteiger partial charge in [0.25, 0.3) is 0 Å². The van der Waals surface area contributed by atoms with Crippen LogP contribution in [0.25, 0.3) is 0 Å². The number of nitrogens with one attached hydrogen (secondary N) is 1. The Kier molecular flexibility index (Phi) is 1.47. The smallest absolute Gasteiger partial charge is 0.106 e. The lowest BCUT2D eigenvalue weighted by Gasteiger charge is -2.21. The van der Waals surface area contributed by atoms with E-state index in [0.29, 0.717) is 0 Å². The van der Waals surface area contributed by atoms with Crippen molar-refractivity contribution in [1.82, 2.24) is 5.32 Å². The van der Waals surface area contributed by atoms with Gasteiger partial charge in [-0.2, -0.15) is 0 Å². The van der Waals surface area contributed by atoms with E-state index >= 15 is 0 Å². The van der Waals surface area contributed by atoms with Crippen LogP contribution in [0.2, 0.25) is 0 Å². The molecule has 0 spiro atoms. The molecule has 0 saturated carbocycles. The van der Waals surface area contributed by atoms with Gasteiger partial charge in [0.05, 0.1) is 6.26 Å². The Morgan fingerprint density at radius 3 is 3.30 bits per heavy atom. The lowest BCUT2D eigenvalue weighted by atomic mass is 9.99. The molecule has 0 radical (unpaired) electrons. The number of hydrogen-bond acceptors (Lipinski definition) is 2. The zero-order chi connectivity index (χ0) is 6.81. The number of ether oxygens (including phenoxy) is 1. The van der Waals surface area contributed by atoms with Gasteiger partial charge in [-0.05, 0) is 30.2 Å². The molecule has 2 aliphatic rings. The standard InChI is InChI=1S/C8H11NO/c1-3-9-5-7-2-4-10-6-8(1)7/h2,6,9H,1,3-5H2. The molecule has 0 bridgehead atoms. The normalized spacial score (nSPS) is 24.0. The van der Waals surface area contributed by atoms with Crippen LogP contribution in [0.5, 0.6) is 0 Å². The first-order chi connectivity index (χ1) is 4.97. The lowest BCUT2D eigenvalue weighted by molar-refractivity contribution is 0.277. The molecule has 0 aromatic rings. The molecule has 0 amide bonds. The van der Waals surface area contributed by atoms with Gasteiger partial charge in [-0.15, -0.1) is 0 Å². The Hall–Kier alpha value is -0.760. The molecule has 1 saturated heterocycles. The summed E-state index contributed by atoms with van der Waals surface area (Å²) in [5.41, 5.74) is 2.81. The van der Waals surface area contributed by atoms with E-state index in [2.05, 4.69) is 11.4 Å². The fraction of sp³-hybridized carbons (Fsp3) is 0.500. The van der Waals surface area contributed by atoms with Gasteiger partial charge in [0.1, 0.15) is 6.61 Å². The van der Waals surface area contributed by atoms with Gasteiger partial charge in [0.2, 0.25) is 0 Å². The second-order valence-electron chi connectivity index (χ2n) is 2.63. The summed E-state index contributed by atoms with van der Waals surface area (Å²) in [7, 11) is 0. The Morgan fingerprint density at radius 2 is 2.40 bits per heavy atom. The fourth-order valence-electron chi connectivity index (χ4n) is 1.36. The molecule has 0 aliphatic carbocycles. The van der Waals surface area contributed by atoms with Crippen LogP contribution in [0.3, 0.4) is 0 Å². The lowest BCUT2D eigenvalue weighted by Crippen LogP contribution is -2.27. The molecule has 1 fully saturated rings. The second kappa shape index (κ2) is 2.46. The Labute approximate surface area is 60.6 Å². The number of piperidine rings is 1. The van der Waals surface area contributed by atoms with Crippen LogP contribution in [-0.4, -0.2) is 19.7 Å². The van der Waals surface area contributed by atoms with Crippen molar-refractivity contribution in [2.45, 2.75) is 6.42 Å². The molecule has 0 atom stereocenters. The maximum Gasteiger partial charge on any atom is 0.106 e. The SMILES string of the molecule is C1=C2CCNCC2=CCO1. The van der Waals surface area contributed by atoms with Crippen molar-refractivity contribution >= 4 is 0 Å². The van der Waals surface area contributed by atoms with Crippen molar-refractivity contribution in [3.63, 3.8) is 0 Å². The quantitative estimate of drug-likeness (QED) is 0.533. The van der Waals surface area contributed by atoms with E-state index in [0.717, 1.165) is 26.1 Å². The minimum Gasteiger partial charge on any atom is -0.497 e. The second-order valence-corrected chi connectivity index (χ2v) is 2.63. The third-order valence-electron chi connectivity index (χ3n) is 1.95. The third kappa shape index (κ3) is 0.948. The summed E-state index contributed by atoms with van der Waals surface area (Å²) in [6, 6.07) is 0. The topological polar surface area (TPSA) is 21.3 Å². The van der Waals surface area contributed by atoms with Crippen LogP contribution >= 0.6 is 0 Å². The molecule has 54 valence electrons. The van der Waals surface area contributed by atoms with Crippen molar-refractivity contribution in [2.24, 2.45) is 0 Å². The summed E-state index contributed by atoms with van der Waals surface area (Å²) in [6.45, 7) is 2.86. The van der Waals surface area contributed by atoms with Gasteiger partial charge >= 0.3 is 0 Å². The van der Waals surface area contributed by atoms with E-state index in [1.165, 1.54) is 11.1 Å². The van der Waals surface area contributed by atoms with Gasteiger partial charge in [-0.25, -0.2) is 0 Å². The molecule has 10 heavy (non-hydrogen) atoms. The minimum atomic E-state index is 0.751. The first kappa shape index (κ1) is 5.98. The van der Waals surface area contributed by atoms with Crippen molar-refractivity contribution in [2.75, 3.05) is 19.7 Å². The maximum absolute atomic E-state index is 5.17. The van der Waals surface area contributed by atoms with E-state index in [4.69, 9.17) is 4.74 Å². The van der Waals surface area contributed by atoms with Crippen LogP contribution in [0.1, 0.15) is 6.42 Å². The summed E-state index contributed by atoms with van der Waals surface area (Å²) in [6.07, 6.45) is 5.17. The number of fused-ring (bicyclic) bond motifs is 1. The van der Waals surface area contributed by atoms with Gasteiger partial charge in [-0.3, -0.25) is 0 Å². The highest BCUT2D eigenvalue weighted by molar-refractivity contribution is 5.34. The summed E-state index contributed by atoms with van der Waals surface area (Å²) >= 11 is 0. The molecular weight excluding hydrogens is 126 g/mol. The first-order valence-electron chi connectivity index (χ1n) is 3.67. The van der Waals surface area contributed by atoms with Crippen molar-refractivity contribution in [1.29, 1.82) is 0 Å². The van der Waals surface area contributed by atoms with Gasteiger partial charge in [0, 0.05) is 6.54 Å². The molecule has 1 N–H and O–H groups in total. The van der Waals surface area contributed by atoms with E-state index in [1.807, 2.05) is 6.26 Å². The highest BCUT2D eigenvalue weighted by Crippen LogP contribution is 2.19. The predicted molar refractivity (Wildman–Crippen MR) is 39.6 cm³/mol. The average molecular weight is 137 g/mol. The third-order valence-corrected chi connectivity index (χ3v) is 1.95. The van der Waals surface area contributed by atoms with Crippen LogP contribution in [0.4, 0.5) is 0 Å². The summed E-state index contributed by atoms with van der Waals surface area (Å²) in [4.78, 5) is 0. The van der Waals surface area contributed by atoms with Crippen LogP contribution in [-0.2, 0) is 4.74 Å². The molecule has 0 aromatic heterocycles. The molecule has 2 nitrogen and oxygen atoms in total. The van der Waals surface area contributed by atoms with Crippen LogP contribution in [0, 0.1) is 0 Å². The molecule has 2 rings (SSSR count). The van der Waals surface area contributed by atoms with E-state index in [-0.39, 0.29) is 0 Å². The molecule has 0 unspecified atom stereocenters. The molecule has 2 heterocycles. The highest BCUT2D eigenvalue weighted by atomic mass is 16.5. The zero-order valence-electron chi connectivity index (χ0n) is 5.89. The largest absolute Gasteiger partial charge is 0.497 e. The summed E-state index contributed by atoms with van der Waals surface area (Å²) in [5.74, 6) is 0. The van der Waals surface area contributed by atoms with Crippen molar-refractivity contribution in [3.05, 3.63) is 23.5 Å². The Morgan fingerprint density at radius 1 is 1.40 bits per heavy atom. The molecule has 0 aromatic carbocycles.